The monoisotopic (exact) mass is 328 g/mol. The predicted octanol–water partition coefficient (Wildman–Crippen LogP) is 3.34. The zero-order chi connectivity index (χ0) is 15.8. The Morgan fingerprint density at radius 1 is 1.30 bits per heavy atom. The van der Waals surface area contributed by atoms with E-state index in [1.807, 2.05) is 12.1 Å². The second-order valence-corrected chi connectivity index (χ2v) is 6.13. The van der Waals surface area contributed by atoms with Crippen LogP contribution < -0.4 is 16.0 Å². The Bertz CT molecular complexity index is 823. The normalized spacial score (nSPS) is 15.7. The minimum atomic E-state index is -0.404. The van der Waals surface area contributed by atoms with Crippen LogP contribution in [-0.4, -0.2) is 11.5 Å². The maximum absolute atomic E-state index is 13.1. The van der Waals surface area contributed by atoms with Crippen LogP contribution >= 0.6 is 11.6 Å². The first-order chi connectivity index (χ1) is 11.2. The van der Waals surface area contributed by atoms with E-state index in [4.69, 9.17) is 11.6 Å². The van der Waals surface area contributed by atoms with E-state index >= 15 is 0 Å². The highest BCUT2D eigenvalue weighted by molar-refractivity contribution is 6.35. The van der Waals surface area contributed by atoms with Gasteiger partial charge in [-0.1, -0.05) is 23.4 Å². The molecule has 0 bridgehead atoms. The lowest BCUT2D eigenvalue weighted by atomic mass is 10.1. The number of nitrogens with one attached hydrogen (secondary N) is 2. The highest BCUT2D eigenvalue weighted by Crippen LogP contribution is 2.40. The molecule has 23 heavy (non-hydrogen) atoms. The van der Waals surface area contributed by atoms with Gasteiger partial charge in [0.2, 0.25) is 0 Å². The van der Waals surface area contributed by atoms with Gasteiger partial charge in [-0.2, -0.15) is 0 Å². The summed E-state index contributed by atoms with van der Waals surface area (Å²) < 4.78 is 13.1. The summed E-state index contributed by atoms with van der Waals surface area (Å²) >= 11 is 6.45. The highest BCUT2D eigenvalue weighted by Gasteiger charge is 2.29. The standard InChI is InChI=1S/C17H14ClFN4/c18-16-13(4-3-12-7-14(19)9-20-8-12)5-6-15-17(16)21-22-23(15)10-11-1-2-11/h5-9,11,21-22H,1-2,10H2. The summed E-state index contributed by atoms with van der Waals surface area (Å²) in [6.07, 6.45) is 5.24. The molecule has 2 aromatic rings. The van der Waals surface area contributed by atoms with Crippen molar-refractivity contribution in [1.29, 1.82) is 0 Å². The van der Waals surface area contributed by atoms with Crippen molar-refractivity contribution in [3.8, 4) is 11.8 Å². The summed E-state index contributed by atoms with van der Waals surface area (Å²) in [4.78, 5) is 3.78. The minimum Gasteiger partial charge on any atom is -0.300 e. The molecule has 1 aromatic heterocycles. The zero-order valence-corrected chi connectivity index (χ0v) is 13.0. The molecular weight excluding hydrogens is 315 g/mol. The zero-order valence-electron chi connectivity index (χ0n) is 12.2. The number of aromatic nitrogens is 1. The largest absolute Gasteiger partial charge is 0.300 e. The molecule has 0 radical (unpaired) electrons. The topological polar surface area (TPSA) is 40.2 Å². The van der Waals surface area contributed by atoms with Crippen molar-refractivity contribution in [1.82, 2.24) is 10.5 Å². The smallest absolute Gasteiger partial charge is 0.142 e. The van der Waals surface area contributed by atoms with Crippen molar-refractivity contribution in [3.05, 3.63) is 52.6 Å². The van der Waals surface area contributed by atoms with E-state index in [0.29, 0.717) is 16.1 Å². The summed E-state index contributed by atoms with van der Waals surface area (Å²) in [6.45, 7) is 0.969. The highest BCUT2D eigenvalue weighted by atomic mass is 35.5. The second kappa shape index (κ2) is 5.73. The van der Waals surface area contributed by atoms with Crippen molar-refractivity contribution >= 4 is 23.0 Å². The van der Waals surface area contributed by atoms with E-state index in [0.717, 1.165) is 30.0 Å². The maximum atomic E-state index is 13.1. The molecule has 2 heterocycles. The van der Waals surface area contributed by atoms with Gasteiger partial charge in [-0.3, -0.25) is 9.99 Å². The number of hydrogen-bond acceptors (Lipinski definition) is 4. The molecule has 4 rings (SSSR count). The number of benzene rings is 1. The van der Waals surface area contributed by atoms with Crippen LogP contribution in [0.25, 0.3) is 0 Å². The third kappa shape index (κ3) is 2.96. The van der Waals surface area contributed by atoms with Crippen molar-refractivity contribution in [3.63, 3.8) is 0 Å². The van der Waals surface area contributed by atoms with Crippen molar-refractivity contribution < 1.29 is 4.39 Å². The van der Waals surface area contributed by atoms with E-state index in [1.165, 1.54) is 25.1 Å². The van der Waals surface area contributed by atoms with E-state index in [2.05, 4.69) is 32.8 Å². The van der Waals surface area contributed by atoms with Gasteiger partial charge in [0.05, 0.1) is 22.6 Å². The lowest BCUT2D eigenvalue weighted by Crippen LogP contribution is -2.37. The van der Waals surface area contributed by atoms with E-state index in [1.54, 1.807) is 0 Å². The third-order valence-electron chi connectivity index (χ3n) is 3.91. The van der Waals surface area contributed by atoms with E-state index in [-0.39, 0.29) is 0 Å². The lowest BCUT2D eigenvalue weighted by Gasteiger charge is -2.17. The molecule has 0 atom stereocenters. The number of halogens is 2. The van der Waals surface area contributed by atoms with Crippen LogP contribution in [-0.2, 0) is 0 Å². The van der Waals surface area contributed by atoms with Crippen molar-refractivity contribution in [2.75, 3.05) is 17.0 Å². The lowest BCUT2D eigenvalue weighted by molar-refractivity contribution is 0.621. The van der Waals surface area contributed by atoms with Gasteiger partial charge in [-0.25, -0.2) is 4.39 Å². The first kappa shape index (κ1) is 14.3. The van der Waals surface area contributed by atoms with Crippen LogP contribution in [0.4, 0.5) is 15.8 Å². The predicted molar refractivity (Wildman–Crippen MR) is 88.5 cm³/mol. The number of nitrogens with zero attached hydrogens (tertiary/aromatic N) is 2. The van der Waals surface area contributed by atoms with Crippen LogP contribution in [0.15, 0.2) is 30.6 Å². The van der Waals surface area contributed by atoms with Crippen LogP contribution in [0.1, 0.15) is 24.0 Å². The SMILES string of the molecule is Fc1cncc(C#Cc2ccc3c(c2Cl)NNN3CC2CC2)c1. The average molecular weight is 329 g/mol. The Morgan fingerprint density at radius 2 is 2.17 bits per heavy atom. The number of fused-ring (bicyclic) bond motifs is 1. The average Bonchev–Trinajstić information content (AvgIpc) is 3.26. The van der Waals surface area contributed by atoms with Crippen LogP contribution in [0.3, 0.4) is 0 Å². The van der Waals surface area contributed by atoms with E-state index < -0.39 is 5.82 Å². The van der Waals surface area contributed by atoms with Crippen molar-refractivity contribution in [2.45, 2.75) is 12.8 Å². The quantitative estimate of drug-likeness (QED) is 0.830. The van der Waals surface area contributed by atoms with Gasteiger partial charge in [0.25, 0.3) is 0 Å². The fraction of sp³-hybridized carbons (Fsp3) is 0.235. The molecule has 0 amide bonds. The minimum absolute atomic E-state index is 0.404. The number of rotatable bonds is 2. The number of pyridine rings is 1. The Balaban J connectivity index is 1.62. The van der Waals surface area contributed by atoms with Crippen LogP contribution in [0, 0.1) is 23.6 Å². The van der Waals surface area contributed by atoms with Gasteiger partial charge in [0, 0.05) is 23.9 Å². The first-order valence-electron chi connectivity index (χ1n) is 7.45. The summed E-state index contributed by atoms with van der Waals surface area (Å²) in [5, 5.41) is 2.64. The van der Waals surface area contributed by atoms with Crippen molar-refractivity contribution in [2.24, 2.45) is 5.92 Å². The van der Waals surface area contributed by atoms with Gasteiger partial charge in [-0.15, -0.1) is 5.53 Å². The summed E-state index contributed by atoms with van der Waals surface area (Å²) in [5.41, 5.74) is 9.30. The number of hydrazine groups is 2. The van der Waals surface area contributed by atoms with Gasteiger partial charge in [-0.05, 0) is 37.0 Å². The Kier molecular flexibility index (Phi) is 3.56. The molecule has 1 fully saturated rings. The first-order valence-corrected chi connectivity index (χ1v) is 7.83. The second-order valence-electron chi connectivity index (χ2n) is 5.75. The molecular formula is C17H14ClFN4. The summed E-state index contributed by atoms with van der Waals surface area (Å²) in [5.74, 6) is 6.22. The van der Waals surface area contributed by atoms with Crippen LogP contribution in [0.2, 0.25) is 5.02 Å². The fourth-order valence-corrected chi connectivity index (χ4v) is 2.77. The fourth-order valence-electron chi connectivity index (χ4n) is 2.51. The molecule has 6 heteroatoms. The molecule has 2 aliphatic rings. The molecule has 1 saturated carbocycles. The maximum Gasteiger partial charge on any atom is 0.142 e. The Labute approximate surface area is 138 Å². The molecule has 0 unspecified atom stereocenters. The molecule has 1 aromatic carbocycles. The molecule has 4 nitrogen and oxygen atoms in total. The number of anilines is 2. The third-order valence-corrected chi connectivity index (χ3v) is 4.30. The van der Waals surface area contributed by atoms with Crippen LogP contribution in [0.5, 0.6) is 0 Å². The molecule has 0 spiro atoms. The van der Waals surface area contributed by atoms with Gasteiger partial charge >= 0.3 is 0 Å². The molecule has 1 aliphatic heterocycles. The summed E-state index contributed by atoms with van der Waals surface area (Å²) in [6, 6.07) is 5.22. The van der Waals surface area contributed by atoms with Gasteiger partial charge < -0.3 is 5.43 Å². The molecule has 2 N–H and O–H groups in total. The Morgan fingerprint density at radius 3 is 2.96 bits per heavy atom. The van der Waals surface area contributed by atoms with Gasteiger partial charge in [0.15, 0.2) is 0 Å². The molecule has 116 valence electrons. The molecule has 0 saturated heterocycles. The Hall–Kier alpha value is -2.29. The van der Waals surface area contributed by atoms with Gasteiger partial charge in [0.1, 0.15) is 5.82 Å². The summed E-state index contributed by atoms with van der Waals surface area (Å²) in [7, 11) is 0. The van der Waals surface area contributed by atoms with E-state index in [9.17, 15) is 4.39 Å². The molecule has 1 aliphatic carbocycles. The number of hydrogen-bond donors (Lipinski definition) is 2.